The lowest BCUT2D eigenvalue weighted by atomic mass is 10.1. The Hall–Kier alpha value is -1.99. The average Bonchev–Trinajstić information content (AvgIpc) is 3.14. The minimum absolute atomic E-state index is 0.0156. The van der Waals surface area contributed by atoms with Crippen LogP contribution in [0.2, 0.25) is 0 Å². The van der Waals surface area contributed by atoms with Crippen molar-refractivity contribution < 1.29 is 14.1 Å². The Morgan fingerprint density at radius 2 is 1.76 bits per heavy atom. The van der Waals surface area contributed by atoms with E-state index in [0.29, 0.717) is 30.4 Å². The van der Waals surface area contributed by atoms with Crippen LogP contribution in [0.4, 0.5) is 5.82 Å². The average molecular weight is 359 g/mol. The van der Waals surface area contributed by atoms with Gasteiger partial charge in [0.05, 0.1) is 13.2 Å². The monoisotopic (exact) mass is 359 g/mol. The van der Waals surface area contributed by atoms with Crippen molar-refractivity contribution >= 4 is 23.5 Å². The molecule has 0 aliphatic carbocycles. The number of amides is 1. The van der Waals surface area contributed by atoms with Gasteiger partial charge in [0, 0.05) is 43.2 Å². The molecule has 1 amide bonds. The van der Waals surface area contributed by atoms with E-state index in [2.05, 4.69) is 10.1 Å². The van der Waals surface area contributed by atoms with Crippen molar-refractivity contribution in [3.63, 3.8) is 0 Å². The number of aromatic nitrogens is 1. The van der Waals surface area contributed by atoms with Crippen molar-refractivity contribution in [3.8, 4) is 11.3 Å². The number of thioether (sulfide) groups is 1. The molecule has 0 bridgehead atoms. The Balaban J connectivity index is 1.74. The Bertz CT molecular complexity index is 722. The molecular formula is C18H21N3O3S. The zero-order chi connectivity index (χ0) is 17.1. The molecule has 2 aliphatic heterocycles. The van der Waals surface area contributed by atoms with Crippen LogP contribution in [0.3, 0.4) is 0 Å². The second-order valence-electron chi connectivity index (χ2n) is 6.08. The molecule has 0 spiro atoms. The van der Waals surface area contributed by atoms with E-state index in [0.717, 1.165) is 43.2 Å². The van der Waals surface area contributed by atoms with Crippen LogP contribution in [0.25, 0.3) is 11.3 Å². The fourth-order valence-corrected chi connectivity index (χ4v) is 4.08. The molecule has 7 heteroatoms. The molecule has 3 heterocycles. The molecule has 0 N–H and O–H groups in total. The number of nitrogens with zero attached hydrogens (tertiary/aromatic N) is 3. The zero-order valence-electron chi connectivity index (χ0n) is 14.0. The van der Waals surface area contributed by atoms with Gasteiger partial charge in [0.25, 0.3) is 5.91 Å². The largest absolute Gasteiger partial charge is 0.378 e. The third-order valence-corrected chi connectivity index (χ3v) is 5.48. The van der Waals surface area contributed by atoms with E-state index in [4.69, 9.17) is 9.26 Å². The van der Waals surface area contributed by atoms with Crippen molar-refractivity contribution in [1.82, 2.24) is 10.1 Å². The number of morpholine rings is 1. The maximum absolute atomic E-state index is 13.3. The number of benzene rings is 1. The lowest BCUT2D eigenvalue weighted by Gasteiger charge is -2.29. The third-order valence-electron chi connectivity index (χ3n) is 4.53. The van der Waals surface area contributed by atoms with Crippen LogP contribution in [0.1, 0.15) is 10.4 Å². The van der Waals surface area contributed by atoms with Gasteiger partial charge in [0.15, 0.2) is 11.6 Å². The van der Waals surface area contributed by atoms with Gasteiger partial charge in [0.1, 0.15) is 5.56 Å². The lowest BCUT2D eigenvalue weighted by molar-refractivity contribution is 0.0772. The number of carbonyl (C=O) groups is 1. The topological polar surface area (TPSA) is 58.8 Å². The summed E-state index contributed by atoms with van der Waals surface area (Å²) in [5.74, 6) is 3.17. The van der Waals surface area contributed by atoms with E-state index in [1.54, 1.807) is 0 Å². The standard InChI is InChI=1S/C18H21N3O3S/c22-18(21-8-12-25-13-9-21)15-16(14-4-2-1-3-5-14)24-19-17(15)20-6-10-23-11-7-20/h1-5H,6-13H2. The second-order valence-corrected chi connectivity index (χ2v) is 7.31. The molecule has 6 nitrogen and oxygen atoms in total. The summed E-state index contributed by atoms with van der Waals surface area (Å²) in [6.07, 6.45) is 0. The van der Waals surface area contributed by atoms with Gasteiger partial charge in [-0.1, -0.05) is 35.5 Å². The van der Waals surface area contributed by atoms with E-state index in [9.17, 15) is 4.79 Å². The van der Waals surface area contributed by atoms with Crippen molar-refractivity contribution in [2.24, 2.45) is 0 Å². The summed E-state index contributed by atoms with van der Waals surface area (Å²) in [6, 6.07) is 9.74. The predicted octanol–water partition coefficient (Wildman–Crippen LogP) is 2.37. The van der Waals surface area contributed by atoms with Crippen LogP contribution in [-0.4, -0.2) is 66.9 Å². The fraction of sp³-hybridized carbons (Fsp3) is 0.444. The van der Waals surface area contributed by atoms with Crippen LogP contribution >= 0.6 is 11.8 Å². The van der Waals surface area contributed by atoms with Gasteiger partial charge in [-0.3, -0.25) is 4.79 Å². The maximum atomic E-state index is 13.3. The van der Waals surface area contributed by atoms with Crippen molar-refractivity contribution in [3.05, 3.63) is 35.9 Å². The molecule has 0 unspecified atom stereocenters. The maximum Gasteiger partial charge on any atom is 0.261 e. The molecule has 0 atom stereocenters. The number of rotatable bonds is 3. The summed E-state index contributed by atoms with van der Waals surface area (Å²) in [6.45, 7) is 4.26. The summed E-state index contributed by atoms with van der Waals surface area (Å²) >= 11 is 1.89. The summed E-state index contributed by atoms with van der Waals surface area (Å²) in [7, 11) is 0. The smallest absolute Gasteiger partial charge is 0.261 e. The first-order valence-corrected chi connectivity index (χ1v) is 9.75. The Morgan fingerprint density at radius 1 is 1.04 bits per heavy atom. The van der Waals surface area contributed by atoms with Gasteiger partial charge in [-0.2, -0.15) is 11.8 Å². The summed E-state index contributed by atoms with van der Waals surface area (Å²) in [5, 5.41) is 4.27. The summed E-state index contributed by atoms with van der Waals surface area (Å²) in [4.78, 5) is 17.3. The first kappa shape index (κ1) is 16.5. The number of hydrogen-bond donors (Lipinski definition) is 0. The van der Waals surface area contributed by atoms with E-state index in [-0.39, 0.29) is 5.91 Å². The number of carbonyl (C=O) groups excluding carboxylic acids is 1. The lowest BCUT2D eigenvalue weighted by Crippen LogP contribution is -2.41. The molecule has 0 radical (unpaired) electrons. The van der Waals surface area contributed by atoms with E-state index < -0.39 is 0 Å². The van der Waals surface area contributed by atoms with Gasteiger partial charge < -0.3 is 19.1 Å². The summed E-state index contributed by atoms with van der Waals surface area (Å²) < 4.78 is 11.1. The van der Waals surface area contributed by atoms with E-state index in [1.807, 2.05) is 47.0 Å². The minimum atomic E-state index is 0.0156. The van der Waals surface area contributed by atoms with Gasteiger partial charge >= 0.3 is 0 Å². The van der Waals surface area contributed by atoms with Crippen LogP contribution < -0.4 is 4.90 Å². The Kier molecular flexibility index (Phi) is 4.94. The van der Waals surface area contributed by atoms with Crippen molar-refractivity contribution in [2.75, 3.05) is 55.8 Å². The summed E-state index contributed by atoms with van der Waals surface area (Å²) in [5.41, 5.74) is 1.46. The third kappa shape index (κ3) is 3.39. The number of anilines is 1. The highest BCUT2D eigenvalue weighted by atomic mass is 32.2. The highest BCUT2D eigenvalue weighted by molar-refractivity contribution is 7.99. The van der Waals surface area contributed by atoms with Gasteiger partial charge in [-0.05, 0) is 0 Å². The van der Waals surface area contributed by atoms with Gasteiger partial charge in [-0.15, -0.1) is 0 Å². The SMILES string of the molecule is O=C(c1c(N2CCOCC2)noc1-c1ccccc1)N1CCSCC1. The molecular weight excluding hydrogens is 338 g/mol. The Morgan fingerprint density at radius 3 is 2.48 bits per heavy atom. The van der Waals surface area contributed by atoms with Crippen molar-refractivity contribution in [1.29, 1.82) is 0 Å². The first-order valence-electron chi connectivity index (χ1n) is 8.59. The second kappa shape index (κ2) is 7.49. The molecule has 2 aromatic rings. The molecule has 4 rings (SSSR count). The van der Waals surface area contributed by atoms with E-state index in [1.165, 1.54) is 0 Å². The molecule has 2 fully saturated rings. The highest BCUT2D eigenvalue weighted by Crippen LogP contribution is 2.33. The Labute approximate surface area is 151 Å². The normalized spacial score (nSPS) is 18.4. The number of ether oxygens (including phenoxy) is 1. The molecule has 1 aromatic carbocycles. The van der Waals surface area contributed by atoms with Crippen LogP contribution in [-0.2, 0) is 4.74 Å². The first-order chi connectivity index (χ1) is 12.3. The van der Waals surface area contributed by atoms with Crippen molar-refractivity contribution in [2.45, 2.75) is 0 Å². The quantitative estimate of drug-likeness (QED) is 0.839. The van der Waals surface area contributed by atoms with Gasteiger partial charge in [0.2, 0.25) is 0 Å². The molecule has 1 aromatic heterocycles. The molecule has 2 aliphatic rings. The van der Waals surface area contributed by atoms with Gasteiger partial charge in [-0.25, -0.2) is 0 Å². The van der Waals surface area contributed by atoms with Crippen LogP contribution in [0.15, 0.2) is 34.9 Å². The fourth-order valence-electron chi connectivity index (χ4n) is 3.18. The molecule has 0 saturated carbocycles. The number of hydrogen-bond acceptors (Lipinski definition) is 6. The van der Waals surface area contributed by atoms with Crippen LogP contribution in [0, 0.1) is 0 Å². The minimum Gasteiger partial charge on any atom is -0.378 e. The van der Waals surface area contributed by atoms with Crippen LogP contribution in [0.5, 0.6) is 0 Å². The molecule has 25 heavy (non-hydrogen) atoms. The predicted molar refractivity (Wildman–Crippen MR) is 98.2 cm³/mol. The molecule has 132 valence electrons. The molecule has 2 saturated heterocycles. The highest BCUT2D eigenvalue weighted by Gasteiger charge is 2.31. The zero-order valence-corrected chi connectivity index (χ0v) is 14.8. The van der Waals surface area contributed by atoms with E-state index >= 15 is 0 Å².